The van der Waals surface area contributed by atoms with Gasteiger partial charge in [-0.15, -0.1) is 0 Å². The van der Waals surface area contributed by atoms with Gasteiger partial charge < -0.3 is 5.32 Å². The van der Waals surface area contributed by atoms with Crippen LogP contribution in [0.15, 0.2) is 24.3 Å². The summed E-state index contributed by atoms with van der Waals surface area (Å²) in [6.07, 6.45) is 0.891. The number of likely N-dealkylation sites (tertiary alicyclic amines) is 1. The summed E-state index contributed by atoms with van der Waals surface area (Å²) in [5.74, 6) is -0.938. The lowest BCUT2D eigenvalue weighted by atomic mass is 9.81. The quantitative estimate of drug-likeness (QED) is 0.546. The first-order chi connectivity index (χ1) is 11.9. The van der Waals surface area contributed by atoms with Gasteiger partial charge >= 0.3 is 0 Å². The summed E-state index contributed by atoms with van der Waals surface area (Å²) >= 11 is 7.31. The van der Waals surface area contributed by atoms with Crippen LogP contribution in [0.3, 0.4) is 0 Å². The van der Waals surface area contributed by atoms with Gasteiger partial charge in [0.05, 0.1) is 11.8 Å². The van der Waals surface area contributed by atoms with Crippen LogP contribution in [0.4, 0.5) is 5.69 Å². The Morgan fingerprint density at radius 2 is 1.60 bits per heavy atom. The Kier molecular flexibility index (Phi) is 4.27. The molecule has 1 saturated heterocycles. The molecule has 2 bridgehead atoms. The highest BCUT2D eigenvalue weighted by molar-refractivity contribution is 9.12. The number of imide groups is 1. The first kappa shape index (κ1) is 17.2. The number of nitrogens with one attached hydrogen (secondary N) is 1. The van der Waals surface area contributed by atoms with Crippen molar-refractivity contribution in [2.24, 2.45) is 23.7 Å². The molecule has 2 aliphatic carbocycles. The maximum absolute atomic E-state index is 12.8. The summed E-state index contributed by atoms with van der Waals surface area (Å²) in [5, 5.41) is 2.75. The Bertz CT molecular complexity index is 719. The Hall–Kier alpha value is -1.21. The van der Waals surface area contributed by atoms with Crippen molar-refractivity contribution in [3.8, 4) is 0 Å². The summed E-state index contributed by atoms with van der Waals surface area (Å²) in [7, 11) is 0. The van der Waals surface area contributed by atoms with Crippen molar-refractivity contribution in [2.75, 3.05) is 11.9 Å². The molecule has 6 atom stereocenters. The Morgan fingerprint density at radius 3 is 2.12 bits per heavy atom. The summed E-state index contributed by atoms with van der Waals surface area (Å²) < 4.78 is 0. The molecule has 0 spiro atoms. The predicted molar refractivity (Wildman–Crippen MR) is 101 cm³/mol. The number of carbonyl (C=O) groups is 3. The van der Waals surface area contributed by atoms with E-state index in [0.29, 0.717) is 5.69 Å². The van der Waals surface area contributed by atoms with Crippen molar-refractivity contribution in [3.63, 3.8) is 0 Å². The van der Waals surface area contributed by atoms with Crippen molar-refractivity contribution in [3.05, 3.63) is 29.8 Å². The zero-order valence-electron chi connectivity index (χ0n) is 13.6. The van der Waals surface area contributed by atoms with Gasteiger partial charge in [-0.05, 0) is 37.3 Å². The first-order valence-corrected chi connectivity index (χ1v) is 10.2. The van der Waals surface area contributed by atoms with Gasteiger partial charge in [-0.1, -0.05) is 49.6 Å². The van der Waals surface area contributed by atoms with E-state index in [1.54, 1.807) is 12.1 Å². The lowest BCUT2D eigenvalue weighted by Gasteiger charge is -2.28. The van der Waals surface area contributed by atoms with Crippen LogP contribution in [-0.2, 0) is 14.4 Å². The number of carbonyl (C=O) groups excluding carboxylic acids is 3. The van der Waals surface area contributed by atoms with Gasteiger partial charge in [0.25, 0.3) is 0 Å². The predicted octanol–water partition coefficient (Wildman–Crippen LogP) is 2.71. The molecule has 3 aliphatic rings. The molecule has 3 amide bonds. The minimum atomic E-state index is -0.344. The van der Waals surface area contributed by atoms with E-state index in [2.05, 4.69) is 37.2 Å². The third-order valence-corrected chi connectivity index (χ3v) is 8.92. The number of benzene rings is 1. The fourth-order valence-corrected chi connectivity index (χ4v) is 6.42. The van der Waals surface area contributed by atoms with Crippen LogP contribution in [0.5, 0.6) is 0 Å². The molecule has 132 valence electrons. The van der Waals surface area contributed by atoms with Gasteiger partial charge in [0.15, 0.2) is 0 Å². The third kappa shape index (κ3) is 2.67. The summed E-state index contributed by atoms with van der Waals surface area (Å²) in [4.78, 5) is 39.4. The number of aryl methyl sites for hydroxylation is 1. The van der Waals surface area contributed by atoms with Crippen molar-refractivity contribution in [1.29, 1.82) is 0 Å². The van der Waals surface area contributed by atoms with E-state index in [1.807, 2.05) is 19.1 Å². The van der Waals surface area contributed by atoms with Gasteiger partial charge in [0, 0.05) is 15.3 Å². The number of hydrogen-bond acceptors (Lipinski definition) is 3. The normalized spacial score (nSPS) is 36.0. The number of halogens is 2. The highest BCUT2D eigenvalue weighted by Gasteiger charge is 2.66. The molecular weight excluding hydrogens is 452 g/mol. The van der Waals surface area contributed by atoms with E-state index < -0.39 is 0 Å². The fraction of sp³-hybridized carbons (Fsp3) is 0.500. The van der Waals surface area contributed by atoms with E-state index >= 15 is 0 Å². The molecule has 0 aromatic heterocycles. The van der Waals surface area contributed by atoms with Crippen LogP contribution >= 0.6 is 31.9 Å². The lowest BCUT2D eigenvalue weighted by molar-refractivity contribution is -0.143. The topological polar surface area (TPSA) is 66.5 Å². The summed E-state index contributed by atoms with van der Waals surface area (Å²) in [6, 6.07) is 7.41. The van der Waals surface area contributed by atoms with Crippen LogP contribution in [0, 0.1) is 30.6 Å². The lowest BCUT2D eigenvalue weighted by Crippen LogP contribution is -2.39. The monoisotopic (exact) mass is 468 g/mol. The van der Waals surface area contributed by atoms with Gasteiger partial charge in [0.1, 0.15) is 6.54 Å². The Labute approximate surface area is 162 Å². The van der Waals surface area contributed by atoms with Crippen molar-refractivity contribution in [2.45, 2.75) is 23.0 Å². The van der Waals surface area contributed by atoms with Crippen molar-refractivity contribution < 1.29 is 14.4 Å². The van der Waals surface area contributed by atoms with Gasteiger partial charge in [-0.2, -0.15) is 0 Å². The molecule has 1 aromatic carbocycles. The average molecular weight is 470 g/mol. The molecule has 5 nitrogen and oxygen atoms in total. The minimum Gasteiger partial charge on any atom is -0.325 e. The molecule has 0 radical (unpaired) electrons. The number of amides is 3. The molecule has 3 fully saturated rings. The maximum atomic E-state index is 12.8. The number of nitrogens with zero attached hydrogens (tertiary/aromatic N) is 1. The second kappa shape index (κ2) is 6.20. The van der Waals surface area contributed by atoms with Crippen molar-refractivity contribution >= 4 is 55.3 Å². The number of anilines is 1. The van der Waals surface area contributed by atoms with E-state index in [0.717, 1.165) is 16.9 Å². The molecule has 1 aromatic rings. The smallest absolute Gasteiger partial charge is 0.244 e. The van der Waals surface area contributed by atoms with Gasteiger partial charge in [0.2, 0.25) is 17.7 Å². The van der Waals surface area contributed by atoms with Crippen LogP contribution in [-0.4, -0.2) is 38.8 Å². The minimum absolute atomic E-state index is 0.168. The zero-order valence-corrected chi connectivity index (χ0v) is 16.8. The maximum Gasteiger partial charge on any atom is 0.244 e. The molecule has 4 rings (SSSR count). The number of rotatable bonds is 3. The molecule has 25 heavy (non-hydrogen) atoms. The summed E-state index contributed by atoms with van der Waals surface area (Å²) in [5.41, 5.74) is 1.76. The standard InChI is InChI=1S/C18H18Br2N2O3/c1-8-2-4-9(5-3-8)21-12(23)7-22-17(24)13-10-6-11(14(13)18(22)25)16(20)15(10)19/h2-5,10-11,13-16H,6-7H2,1H3,(H,21,23)/t10-,11-,13-,14+,15-,16+/m0/s1. The summed E-state index contributed by atoms with van der Waals surface area (Å²) in [6.45, 7) is 1.76. The molecule has 1 heterocycles. The molecular formula is C18H18Br2N2O3. The van der Waals surface area contributed by atoms with Gasteiger partial charge in [-0.25, -0.2) is 0 Å². The molecule has 0 unspecified atom stereocenters. The van der Waals surface area contributed by atoms with Crippen LogP contribution < -0.4 is 5.32 Å². The number of fused-ring (bicyclic) bond motifs is 5. The van der Waals surface area contributed by atoms with Crippen molar-refractivity contribution in [1.82, 2.24) is 4.90 Å². The highest BCUT2D eigenvalue weighted by Crippen LogP contribution is 2.60. The molecule has 1 N–H and O–H groups in total. The van der Waals surface area contributed by atoms with E-state index in [9.17, 15) is 14.4 Å². The molecule has 7 heteroatoms. The second-order valence-electron chi connectivity index (χ2n) is 7.18. The highest BCUT2D eigenvalue weighted by atomic mass is 79.9. The number of hydrogen-bond donors (Lipinski definition) is 1. The Balaban J connectivity index is 1.47. The zero-order chi connectivity index (χ0) is 17.9. The largest absolute Gasteiger partial charge is 0.325 e. The third-order valence-electron chi connectivity index (χ3n) is 5.72. The SMILES string of the molecule is Cc1ccc(NC(=O)CN2C(=O)[C@@H]3[C@@H]4C[C@H]([C@H](Br)[C@@H]4Br)[C@@H]3C2=O)cc1. The van der Waals surface area contributed by atoms with Crippen LogP contribution in [0.25, 0.3) is 0 Å². The molecule has 2 saturated carbocycles. The first-order valence-electron chi connectivity index (χ1n) is 8.38. The van der Waals surface area contributed by atoms with Gasteiger partial charge in [-0.3, -0.25) is 19.3 Å². The second-order valence-corrected chi connectivity index (χ2v) is 9.30. The van der Waals surface area contributed by atoms with E-state index in [4.69, 9.17) is 0 Å². The van der Waals surface area contributed by atoms with E-state index in [1.165, 1.54) is 0 Å². The number of alkyl halides is 2. The fourth-order valence-electron chi connectivity index (χ4n) is 4.55. The van der Waals surface area contributed by atoms with E-state index in [-0.39, 0.29) is 57.6 Å². The van der Waals surface area contributed by atoms with Crippen LogP contribution in [0.1, 0.15) is 12.0 Å². The Morgan fingerprint density at radius 1 is 1.08 bits per heavy atom. The average Bonchev–Trinajstić information content (AvgIpc) is 3.17. The van der Waals surface area contributed by atoms with Crippen LogP contribution in [0.2, 0.25) is 0 Å². The molecule has 1 aliphatic heterocycles.